The number of hydrogen-bond acceptors (Lipinski definition) is 2. The molecule has 0 saturated carbocycles. The summed E-state index contributed by atoms with van der Waals surface area (Å²) in [6.45, 7) is 7.33. The highest BCUT2D eigenvalue weighted by atomic mass is 16.4. The summed E-state index contributed by atoms with van der Waals surface area (Å²) in [5, 5.41) is 9.43. The molecule has 0 bridgehead atoms. The van der Waals surface area contributed by atoms with Gasteiger partial charge in [0.1, 0.15) is 0 Å². The van der Waals surface area contributed by atoms with E-state index in [1.54, 1.807) is 13.8 Å². The number of hydrogen-bond donors (Lipinski definition) is 1. The van der Waals surface area contributed by atoms with Crippen molar-refractivity contribution in [3.63, 3.8) is 0 Å². The molecule has 18 heavy (non-hydrogen) atoms. The average molecular weight is 249 g/mol. The largest absolute Gasteiger partial charge is 0.479 e. The molecule has 1 aromatic rings. The van der Waals surface area contributed by atoms with Crippen molar-refractivity contribution < 1.29 is 14.7 Å². The Bertz CT molecular complexity index is 434. The summed E-state index contributed by atoms with van der Waals surface area (Å²) < 4.78 is 0. The predicted molar refractivity (Wildman–Crippen MR) is 69.3 cm³/mol. The molecule has 0 spiro atoms. The van der Waals surface area contributed by atoms with Crippen molar-refractivity contribution in [2.45, 2.75) is 39.8 Å². The van der Waals surface area contributed by atoms with E-state index in [1.165, 1.54) is 4.90 Å². The van der Waals surface area contributed by atoms with Gasteiger partial charge in [-0.25, -0.2) is 4.79 Å². The van der Waals surface area contributed by atoms with Gasteiger partial charge in [0, 0.05) is 6.04 Å². The molecule has 1 rings (SSSR count). The Balaban J connectivity index is 3.37. The number of aryl methyl sites for hydroxylation is 2. The SMILES string of the molecule is Cc1cccc(C)c1C(C(=O)O)N(C=O)C(C)C. The molecule has 1 N–H and O–H groups in total. The summed E-state index contributed by atoms with van der Waals surface area (Å²) in [6.07, 6.45) is 0.606. The fraction of sp³-hybridized carbons (Fsp3) is 0.429. The predicted octanol–water partition coefficient (Wildman–Crippen LogP) is 2.30. The molecule has 0 saturated heterocycles. The maximum absolute atomic E-state index is 11.5. The molecule has 98 valence electrons. The van der Waals surface area contributed by atoms with E-state index in [1.807, 2.05) is 32.0 Å². The minimum atomic E-state index is -1.01. The highest BCUT2D eigenvalue weighted by Gasteiger charge is 2.30. The highest BCUT2D eigenvalue weighted by molar-refractivity contribution is 5.79. The van der Waals surface area contributed by atoms with E-state index >= 15 is 0 Å². The summed E-state index contributed by atoms with van der Waals surface area (Å²) in [7, 11) is 0. The molecule has 0 aliphatic rings. The number of carboxylic acid groups (broad SMARTS) is 1. The Morgan fingerprint density at radius 2 is 1.78 bits per heavy atom. The maximum Gasteiger partial charge on any atom is 0.331 e. The lowest BCUT2D eigenvalue weighted by molar-refractivity contribution is -0.148. The van der Waals surface area contributed by atoms with E-state index in [-0.39, 0.29) is 6.04 Å². The Morgan fingerprint density at radius 3 is 2.11 bits per heavy atom. The number of benzene rings is 1. The zero-order valence-corrected chi connectivity index (χ0v) is 11.2. The van der Waals surface area contributed by atoms with Gasteiger partial charge in [0.25, 0.3) is 0 Å². The lowest BCUT2D eigenvalue weighted by atomic mass is 9.94. The first-order valence-corrected chi connectivity index (χ1v) is 5.91. The van der Waals surface area contributed by atoms with Crippen LogP contribution < -0.4 is 0 Å². The number of rotatable bonds is 5. The minimum absolute atomic E-state index is 0.164. The summed E-state index contributed by atoms with van der Waals surface area (Å²) in [6, 6.07) is 4.52. The van der Waals surface area contributed by atoms with E-state index in [2.05, 4.69) is 0 Å². The van der Waals surface area contributed by atoms with Gasteiger partial charge in [0.2, 0.25) is 6.41 Å². The Labute approximate surface area is 107 Å². The fourth-order valence-electron chi connectivity index (χ4n) is 2.14. The van der Waals surface area contributed by atoms with E-state index in [9.17, 15) is 14.7 Å². The summed E-state index contributed by atoms with van der Waals surface area (Å²) in [5.41, 5.74) is 2.47. The van der Waals surface area contributed by atoms with Crippen LogP contribution in [0.2, 0.25) is 0 Å². The number of carbonyl (C=O) groups is 2. The highest BCUT2D eigenvalue weighted by Crippen LogP contribution is 2.28. The molecule has 4 heteroatoms. The first kappa shape index (κ1) is 14.2. The molecule has 0 aromatic heterocycles. The Hall–Kier alpha value is -1.84. The molecule has 4 nitrogen and oxygen atoms in total. The Morgan fingerprint density at radius 1 is 1.28 bits per heavy atom. The van der Waals surface area contributed by atoms with E-state index in [0.29, 0.717) is 12.0 Å². The molecule has 0 aliphatic carbocycles. The topological polar surface area (TPSA) is 57.6 Å². The van der Waals surface area contributed by atoms with Gasteiger partial charge in [-0.05, 0) is 44.4 Å². The number of aliphatic carboxylic acids is 1. The minimum Gasteiger partial charge on any atom is -0.479 e. The summed E-state index contributed by atoms with van der Waals surface area (Å²) in [5.74, 6) is -1.01. The normalized spacial score (nSPS) is 12.3. The van der Waals surface area contributed by atoms with E-state index in [4.69, 9.17) is 0 Å². The van der Waals surface area contributed by atoms with Crippen molar-refractivity contribution in [1.29, 1.82) is 0 Å². The molecule has 1 atom stereocenters. The monoisotopic (exact) mass is 249 g/mol. The second kappa shape index (κ2) is 5.67. The van der Waals surface area contributed by atoms with Crippen molar-refractivity contribution in [3.05, 3.63) is 34.9 Å². The van der Waals surface area contributed by atoms with Gasteiger partial charge in [0.05, 0.1) is 0 Å². The van der Waals surface area contributed by atoms with Crippen LogP contribution in [0.3, 0.4) is 0 Å². The lowest BCUT2D eigenvalue weighted by Gasteiger charge is -2.30. The standard InChI is InChI=1S/C14H19NO3/c1-9(2)15(8-16)13(14(17)18)12-10(3)6-5-7-11(12)4/h5-9,13H,1-4H3,(H,17,18). The van der Waals surface area contributed by atoms with Crippen LogP contribution in [0.15, 0.2) is 18.2 Å². The molecular weight excluding hydrogens is 230 g/mol. The van der Waals surface area contributed by atoms with Crippen LogP contribution >= 0.6 is 0 Å². The van der Waals surface area contributed by atoms with Crippen molar-refractivity contribution in [3.8, 4) is 0 Å². The van der Waals surface area contributed by atoms with Gasteiger partial charge in [-0.3, -0.25) is 4.79 Å². The molecule has 1 amide bonds. The third kappa shape index (κ3) is 2.70. The number of carbonyl (C=O) groups excluding carboxylic acids is 1. The molecule has 1 unspecified atom stereocenters. The van der Waals surface area contributed by atoms with Gasteiger partial charge in [-0.2, -0.15) is 0 Å². The van der Waals surface area contributed by atoms with Crippen molar-refractivity contribution in [1.82, 2.24) is 4.90 Å². The zero-order chi connectivity index (χ0) is 13.9. The summed E-state index contributed by atoms with van der Waals surface area (Å²) in [4.78, 5) is 24.0. The van der Waals surface area contributed by atoms with Crippen LogP contribution in [-0.2, 0) is 9.59 Å². The third-order valence-corrected chi connectivity index (χ3v) is 3.07. The third-order valence-electron chi connectivity index (χ3n) is 3.07. The Kier molecular flexibility index (Phi) is 4.48. The molecular formula is C14H19NO3. The smallest absolute Gasteiger partial charge is 0.331 e. The van der Waals surface area contributed by atoms with Crippen LogP contribution in [0.4, 0.5) is 0 Å². The van der Waals surface area contributed by atoms with Gasteiger partial charge >= 0.3 is 5.97 Å². The second-order valence-corrected chi connectivity index (χ2v) is 4.69. The molecule has 0 heterocycles. The number of carboxylic acids is 1. The molecule has 1 aromatic carbocycles. The lowest BCUT2D eigenvalue weighted by Crippen LogP contribution is -2.38. The van der Waals surface area contributed by atoms with Gasteiger partial charge in [0.15, 0.2) is 6.04 Å². The average Bonchev–Trinajstić information content (AvgIpc) is 2.26. The van der Waals surface area contributed by atoms with Gasteiger partial charge < -0.3 is 10.0 Å². The van der Waals surface area contributed by atoms with Gasteiger partial charge in [-0.1, -0.05) is 18.2 Å². The van der Waals surface area contributed by atoms with Crippen LogP contribution in [0.25, 0.3) is 0 Å². The van der Waals surface area contributed by atoms with Crippen LogP contribution in [0, 0.1) is 13.8 Å². The van der Waals surface area contributed by atoms with Crippen LogP contribution in [0.5, 0.6) is 0 Å². The van der Waals surface area contributed by atoms with Crippen molar-refractivity contribution in [2.24, 2.45) is 0 Å². The van der Waals surface area contributed by atoms with Crippen molar-refractivity contribution in [2.75, 3.05) is 0 Å². The van der Waals surface area contributed by atoms with Crippen LogP contribution in [0.1, 0.15) is 36.6 Å². The van der Waals surface area contributed by atoms with Gasteiger partial charge in [-0.15, -0.1) is 0 Å². The quantitative estimate of drug-likeness (QED) is 0.814. The molecule has 0 fully saturated rings. The fourth-order valence-corrected chi connectivity index (χ4v) is 2.14. The first-order chi connectivity index (χ1) is 8.40. The molecule has 0 radical (unpaired) electrons. The second-order valence-electron chi connectivity index (χ2n) is 4.69. The van der Waals surface area contributed by atoms with Crippen LogP contribution in [-0.4, -0.2) is 28.4 Å². The number of nitrogens with zero attached hydrogens (tertiary/aromatic N) is 1. The zero-order valence-electron chi connectivity index (χ0n) is 11.2. The number of amides is 1. The summed E-state index contributed by atoms with van der Waals surface area (Å²) >= 11 is 0. The van der Waals surface area contributed by atoms with E-state index in [0.717, 1.165) is 11.1 Å². The van der Waals surface area contributed by atoms with Crippen molar-refractivity contribution >= 4 is 12.4 Å². The first-order valence-electron chi connectivity index (χ1n) is 5.91. The molecule has 0 aliphatic heterocycles. The van der Waals surface area contributed by atoms with E-state index < -0.39 is 12.0 Å². The maximum atomic E-state index is 11.5.